The summed E-state index contributed by atoms with van der Waals surface area (Å²) in [5.41, 5.74) is 1.37. The Hall–Kier alpha value is -2.20. The molecule has 0 saturated carbocycles. The van der Waals surface area contributed by atoms with Crippen LogP contribution in [-0.2, 0) is 16.0 Å². The molecule has 0 unspecified atom stereocenters. The monoisotopic (exact) mass is 462 g/mol. The Balaban J connectivity index is 1.70. The van der Waals surface area contributed by atoms with Gasteiger partial charge in [-0.05, 0) is 49.3 Å². The molecule has 1 aliphatic heterocycles. The van der Waals surface area contributed by atoms with Gasteiger partial charge in [0.15, 0.2) is 5.11 Å². The highest BCUT2D eigenvalue weighted by Gasteiger charge is 2.15. The summed E-state index contributed by atoms with van der Waals surface area (Å²) in [6.07, 6.45) is 1.83. The van der Waals surface area contributed by atoms with Gasteiger partial charge in [0.1, 0.15) is 5.75 Å². The third-order valence-electron chi connectivity index (χ3n) is 5.58. The van der Waals surface area contributed by atoms with Crippen molar-refractivity contribution >= 4 is 28.2 Å². The Morgan fingerprint density at radius 2 is 2.06 bits per heavy atom. The maximum atomic E-state index is 12.8. The van der Waals surface area contributed by atoms with Crippen LogP contribution >= 0.6 is 12.2 Å². The molecule has 32 heavy (non-hydrogen) atoms. The van der Waals surface area contributed by atoms with Gasteiger partial charge < -0.3 is 29.4 Å². The minimum absolute atomic E-state index is 0.0944. The summed E-state index contributed by atoms with van der Waals surface area (Å²) in [5, 5.41) is 4.91. The molecule has 2 N–H and O–H groups in total. The lowest BCUT2D eigenvalue weighted by Gasteiger charge is -2.29. The number of benzene rings is 1. The van der Waals surface area contributed by atoms with E-state index in [9.17, 15) is 4.79 Å². The van der Waals surface area contributed by atoms with Gasteiger partial charge in [-0.25, -0.2) is 0 Å². The molecule has 0 bridgehead atoms. The van der Waals surface area contributed by atoms with Crippen molar-refractivity contribution in [1.29, 1.82) is 0 Å². The molecule has 176 valence electrons. The first-order chi connectivity index (χ1) is 15.6. The summed E-state index contributed by atoms with van der Waals surface area (Å²) >= 11 is 5.68. The van der Waals surface area contributed by atoms with Gasteiger partial charge >= 0.3 is 0 Å². The molecule has 2 heterocycles. The summed E-state index contributed by atoms with van der Waals surface area (Å²) in [7, 11) is 3.33. The van der Waals surface area contributed by atoms with Crippen molar-refractivity contribution in [3.05, 3.63) is 40.2 Å². The fourth-order valence-electron chi connectivity index (χ4n) is 3.77. The van der Waals surface area contributed by atoms with E-state index >= 15 is 0 Å². The fourth-order valence-corrected chi connectivity index (χ4v) is 4.02. The Morgan fingerprint density at radius 3 is 2.81 bits per heavy atom. The van der Waals surface area contributed by atoms with Gasteiger partial charge in [0, 0.05) is 62.9 Å². The molecule has 2 aromatic rings. The number of methoxy groups -OCH3 is 2. The summed E-state index contributed by atoms with van der Waals surface area (Å²) < 4.78 is 15.9. The van der Waals surface area contributed by atoms with Crippen molar-refractivity contribution in [2.75, 3.05) is 66.8 Å². The molecule has 8 nitrogen and oxygen atoms in total. The minimum Gasteiger partial charge on any atom is -0.497 e. The number of nitrogens with zero attached hydrogens (tertiary/aromatic N) is 2. The quantitative estimate of drug-likeness (QED) is 0.388. The number of aromatic nitrogens is 1. The number of H-pyrrole nitrogens is 1. The number of pyridine rings is 1. The molecular formula is C23H34N4O4S. The van der Waals surface area contributed by atoms with E-state index in [0.717, 1.165) is 75.4 Å². The zero-order valence-corrected chi connectivity index (χ0v) is 19.8. The average Bonchev–Trinajstić information content (AvgIpc) is 2.81. The Bertz CT molecular complexity index is 930. The number of rotatable bonds is 11. The van der Waals surface area contributed by atoms with Gasteiger partial charge in [-0.15, -0.1) is 0 Å². The molecule has 1 aromatic carbocycles. The number of fused-ring (bicyclic) bond motifs is 1. The second-order valence-corrected chi connectivity index (χ2v) is 8.27. The molecule has 0 atom stereocenters. The molecule has 0 spiro atoms. The van der Waals surface area contributed by atoms with Crippen LogP contribution in [0.3, 0.4) is 0 Å². The van der Waals surface area contributed by atoms with E-state index in [1.165, 1.54) is 0 Å². The van der Waals surface area contributed by atoms with Crippen molar-refractivity contribution in [3.63, 3.8) is 0 Å². The van der Waals surface area contributed by atoms with Gasteiger partial charge in [0.2, 0.25) is 0 Å². The van der Waals surface area contributed by atoms with Crippen LogP contribution in [0.2, 0.25) is 0 Å². The van der Waals surface area contributed by atoms with Crippen molar-refractivity contribution < 1.29 is 14.2 Å². The van der Waals surface area contributed by atoms with Crippen molar-refractivity contribution in [1.82, 2.24) is 20.1 Å². The second kappa shape index (κ2) is 12.7. The zero-order chi connectivity index (χ0) is 22.8. The third-order valence-corrected chi connectivity index (χ3v) is 5.99. The van der Waals surface area contributed by atoms with Crippen LogP contribution in [-0.4, -0.2) is 86.7 Å². The van der Waals surface area contributed by atoms with Crippen LogP contribution < -0.4 is 15.6 Å². The van der Waals surface area contributed by atoms with Gasteiger partial charge in [-0.1, -0.05) is 0 Å². The Labute approximate surface area is 194 Å². The van der Waals surface area contributed by atoms with E-state index in [1.807, 2.05) is 24.3 Å². The Kier molecular flexibility index (Phi) is 9.73. The highest BCUT2D eigenvalue weighted by atomic mass is 32.1. The standard InChI is InChI=1S/C23H34N4O4S/c1-29-12-3-7-24-23(32)27(9-4-8-26-10-13-31-14-11-26)17-19-15-18-16-20(30-2)5-6-21(18)25-22(19)28/h5-6,15-16H,3-4,7-14,17H2,1-2H3,(H,24,32)(H,25,28). The molecule has 1 aromatic heterocycles. The van der Waals surface area contributed by atoms with Crippen LogP contribution in [0.1, 0.15) is 18.4 Å². The van der Waals surface area contributed by atoms with E-state index in [4.69, 9.17) is 26.4 Å². The molecule has 9 heteroatoms. The summed E-state index contributed by atoms with van der Waals surface area (Å²) in [4.78, 5) is 20.2. The lowest BCUT2D eigenvalue weighted by atomic mass is 10.1. The van der Waals surface area contributed by atoms with Gasteiger partial charge in [-0.2, -0.15) is 0 Å². The lowest BCUT2D eigenvalue weighted by molar-refractivity contribution is 0.0367. The maximum absolute atomic E-state index is 12.8. The zero-order valence-electron chi connectivity index (χ0n) is 19.0. The van der Waals surface area contributed by atoms with Crippen LogP contribution in [0, 0.1) is 0 Å². The third kappa shape index (κ3) is 7.16. The number of thiocarbonyl (C=S) groups is 1. The first-order valence-electron chi connectivity index (χ1n) is 11.1. The maximum Gasteiger partial charge on any atom is 0.253 e. The molecule has 3 rings (SSSR count). The molecule has 0 aliphatic carbocycles. The normalized spacial score (nSPS) is 14.4. The van der Waals surface area contributed by atoms with Crippen molar-refractivity contribution in [2.24, 2.45) is 0 Å². The SMILES string of the molecule is COCCCNC(=S)N(CCCN1CCOCC1)Cc1cc2cc(OC)ccc2[nH]c1=O. The topological polar surface area (TPSA) is 79.1 Å². The molecule has 0 radical (unpaired) electrons. The van der Waals surface area contributed by atoms with Crippen LogP contribution in [0.5, 0.6) is 5.75 Å². The van der Waals surface area contributed by atoms with Crippen LogP contribution in [0.15, 0.2) is 29.1 Å². The molecule has 1 fully saturated rings. The van der Waals surface area contributed by atoms with Gasteiger partial charge in [0.05, 0.1) is 26.9 Å². The average molecular weight is 463 g/mol. The number of nitrogens with one attached hydrogen (secondary N) is 2. The summed E-state index contributed by atoms with van der Waals surface area (Å²) in [6, 6.07) is 7.56. The van der Waals surface area contributed by atoms with Crippen LogP contribution in [0.25, 0.3) is 10.9 Å². The smallest absolute Gasteiger partial charge is 0.253 e. The number of hydrogen-bond acceptors (Lipinski definition) is 6. The number of hydrogen-bond donors (Lipinski definition) is 2. The molecule has 0 amide bonds. The van der Waals surface area contributed by atoms with E-state index in [2.05, 4.69) is 20.1 Å². The molecular weight excluding hydrogens is 428 g/mol. The lowest BCUT2D eigenvalue weighted by Crippen LogP contribution is -2.43. The fraction of sp³-hybridized carbons (Fsp3) is 0.565. The van der Waals surface area contributed by atoms with E-state index < -0.39 is 0 Å². The van der Waals surface area contributed by atoms with Crippen LogP contribution in [0.4, 0.5) is 0 Å². The van der Waals surface area contributed by atoms with Crippen molar-refractivity contribution in [2.45, 2.75) is 19.4 Å². The molecule has 1 saturated heterocycles. The van der Waals surface area contributed by atoms with E-state index in [-0.39, 0.29) is 5.56 Å². The predicted molar refractivity (Wildman–Crippen MR) is 131 cm³/mol. The molecule has 1 aliphatic rings. The van der Waals surface area contributed by atoms with Gasteiger partial charge in [-0.3, -0.25) is 9.69 Å². The highest BCUT2D eigenvalue weighted by Crippen LogP contribution is 2.19. The first-order valence-corrected chi connectivity index (χ1v) is 11.5. The number of ether oxygens (including phenoxy) is 3. The predicted octanol–water partition coefficient (Wildman–Crippen LogP) is 1.97. The van der Waals surface area contributed by atoms with Gasteiger partial charge in [0.25, 0.3) is 5.56 Å². The summed E-state index contributed by atoms with van der Waals surface area (Å²) in [6.45, 7) is 7.12. The van der Waals surface area contributed by atoms with E-state index in [1.54, 1.807) is 14.2 Å². The first kappa shape index (κ1) is 24.4. The second-order valence-electron chi connectivity index (χ2n) is 7.88. The minimum atomic E-state index is -0.0944. The highest BCUT2D eigenvalue weighted by molar-refractivity contribution is 7.80. The summed E-state index contributed by atoms with van der Waals surface area (Å²) in [5.74, 6) is 0.758. The number of aromatic amines is 1. The van der Waals surface area contributed by atoms with E-state index in [0.29, 0.717) is 23.8 Å². The number of morpholine rings is 1. The van der Waals surface area contributed by atoms with Crippen molar-refractivity contribution in [3.8, 4) is 5.75 Å². The largest absolute Gasteiger partial charge is 0.497 e. The Morgan fingerprint density at radius 1 is 1.25 bits per heavy atom.